The van der Waals surface area contributed by atoms with Gasteiger partial charge in [0.05, 0.1) is 6.61 Å². The molecule has 0 unspecified atom stereocenters. The third-order valence-electron chi connectivity index (χ3n) is 2.76. The maximum Gasteiger partial charge on any atom is 0.327 e. The van der Waals surface area contributed by atoms with E-state index in [1.54, 1.807) is 13.2 Å². The third kappa shape index (κ3) is 5.91. The maximum absolute atomic E-state index is 12.2. The summed E-state index contributed by atoms with van der Waals surface area (Å²) in [7, 11) is 1.36. The summed E-state index contributed by atoms with van der Waals surface area (Å²) in [6, 6.07) is -0.679. The first-order chi connectivity index (χ1) is 10.9. The predicted molar refractivity (Wildman–Crippen MR) is 82.3 cm³/mol. The van der Waals surface area contributed by atoms with Gasteiger partial charge in [-0.15, -0.1) is 0 Å². The number of methoxy groups -OCH3 is 1. The van der Waals surface area contributed by atoms with Crippen LogP contribution in [0.2, 0.25) is 0 Å². The number of thioether (sulfide) groups is 1. The molecule has 0 radical (unpaired) electrons. The lowest BCUT2D eigenvalue weighted by Gasteiger charge is -2.20. The highest BCUT2D eigenvalue weighted by Crippen LogP contribution is 2.03. The lowest BCUT2D eigenvalue weighted by atomic mass is 10.2. The number of hydrogen-bond donors (Lipinski definition) is 3. The highest BCUT2D eigenvalue weighted by atomic mass is 32.2. The number of ether oxygens (including phenoxy) is 1. The summed E-state index contributed by atoms with van der Waals surface area (Å²) in [6.07, 6.45) is 1.73. The highest BCUT2D eigenvalue weighted by molar-refractivity contribution is 7.98. The van der Waals surface area contributed by atoms with E-state index in [2.05, 4.69) is 15.8 Å². The second-order valence-corrected chi connectivity index (χ2v) is 5.57. The molecule has 0 spiro atoms. The van der Waals surface area contributed by atoms with Gasteiger partial charge < -0.3 is 25.0 Å². The Morgan fingerprint density at radius 2 is 2.09 bits per heavy atom. The first-order valence-electron chi connectivity index (χ1n) is 6.64. The van der Waals surface area contributed by atoms with E-state index >= 15 is 0 Å². The number of carbonyl (C=O) groups excluding carboxylic acids is 2. The zero-order valence-corrected chi connectivity index (χ0v) is 13.8. The van der Waals surface area contributed by atoms with E-state index in [1.165, 1.54) is 24.9 Å². The Hall–Kier alpha value is -2.07. The molecule has 0 aromatic carbocycles. The van der Waals surface area contributed by atoms with Crippen molar-refractivity contribution in [3.8, 4) is 0 Å². The quantitative estimate of drug-likeness (QED) is 0.554. The Labute approximate surface area is 137 Å². The standard InChI is InChI=1S/C13H19N3O6S/c1-7-4-8(16-22-7)11(17)14-9(5-21-2)12(18)15-10(6-23-3)13(19)20/h4,9-10H,5-6H2,1-3H3,(H,14,17)(H,15,18)(H,19,20)/t9-,10+/m0/s1. The second kappa shape index (κ2) is 9.16. The molecule has 1 heterocycles. The Morgan fingerprint density at radius 3 is 2.57 bits per heavy atom. The largest absolute Gasteiger partial charge is 0.480 e. The molecule has 1 aromatic heterocycles. The number of rotatable bonds is 9. The fourth-order valence-corrected chi connectivity index (χ4v) is 2.23. The summed E-state index contributed by atoms with van der Waals surface area (Å²) in [6.45, 7) is 1.52. The van der Waals surface area contributed by atoms with Gasteiger partial charge in [-0.1, -0.05) is 5.16 Å². The summed E-state index contributed by atoms with van der Waals surface area (Å²) >= 11 is 1.28. The van der Waals surface area contributed by atoms with Crippen LogP contribution in [0.1, 0.15) is 16.2 Å². The van der Waals surface area contributed by atoms with Crippen LogP contribution < -0.4 is 10.6 Å². The van der Waals surface area contributed by atoms with Crippen LogP contribution in [0.25, 0.3) is 0 Å². The number of aromatic nitrogens is 1. The average molecular weight is 345 g/mol. The lowest BCUT2D eigenvalue weighted by Crippen LogP contribution is -2.54. The maximum atomic E-state index is 12.2. The monoisotopic (exact) mass is 345 g/mol. The minimum Gasteiger partial charge on any atom is -0.480 e. The number of carbonyl (C=O) groups is 3. The molecule has 9 nitrogen and oxygen atoms in total. The molecule has 128 valence electrons. The van der Waals surface area contributed by atoms with Crippen molar-refractivity contribution in [1.29, 1.82) is 0 Å². The van der Waals surface area contributed by atoms with Gasteiger partial charge in [0.25, 0.3) is 5.91 Å². The first kappa shape index (κ1) is 19.0. The van der Waals surface area contributed by atoms with Crippen LogP contribution in [0.4, 0.5) is 0 Å². The second-order valence-electron chi connectivity index (χ2n) is 4.66. The van der Waals surface area contributed by atoms with Crippen LogP contribution in [0.5, 0.6) is 0 Å². The first-order valence-corrected chi connectivity index (χ1v) is 8.03. The van der Waals surface area contributed by atoms with Gasteiger partial charge in [-0.2, -0.15) is 11.8 Å². The smallest absolute Gasteiger partial charge is 0.327 e. The number of carboxylic acids is 1. The predicted octanol–water partition coefficient (Wildman–Crippen LogP) is -0.340. The molecule has 2 atom stereocenters. The molecule has 1 aromatic rings. The van der Waals surface area contributed by atoms with E-state index in [9.17, 15) is 14.4 Å². The van der Waals surface area contributed by atoms with Crippen LogP contribution in [-0.4, -0.2) is 65.9 Å². The highest BCUT2D eigenvalue weighted by Gasteiger charge is 2.27. The third-order valence-corrected chi connectivity index (χ3v) is 3.43. The topological polar surface area (TPSA) is 131 Å². The molecule has 0 aliphatic heterocycles. The molecule has 2 amide bonds. The normalized spacial score (nSPS) is 13.2. The molecule has 0 saturated heterocycles. The van der Waals surface area contributed by atoms with Crippen molar-refractivity contribution in [2.75, 3.05) is 25.7 Å². The molecular formula is C13H19N3O6S. The van der Waals surface area contributed by atoms with Crippen LogP contribution in [0.3, 0.4) is 0 Å². The van der Waals surface area contributed by atoms with E-state index in [0.717, 1.165) is 0 Å². The van der Waals surface area contributed by atoms with Crippen molar-refractivity contribution in [1.82, 2.24) is 15.8 Å². The Kier molecular flexibility index (Phi) is 7.55. The van der Waals surface area contributed by atoms with Crippen molar-refractivity contribution < 1.29 is 28.8 Å². The summed E-state index contributed by atoms with van der Waals surface area (Å²) < 4.78 is 9.69. The molecule has 0 fully saturated rings. The van der Waals surface area contributed by atoms with E-state index in [-0.39, 0.29) is 18.1 Å². The molecule has 0 aliphatic rings. The number of aliphatic carboxylic acids is 1. The molecule has 1 rings (SSSR count). The minimum atomic E-state index is -1.15. The molecular weight excluding hydrogens is 326 g/mol. The van der Waals surface area contributed by atoms with Crippen LogP contribution in [0, 0.1) is 6.92 Å². The van der Waals surface area contributed by atoms with Crippen molar-refractivity contribution in [3.05, 3.63) is 17.5 Å². The van der Waals surface area contributed by atoms with E-state index in [0.29, 0.717) is 5.76 Å². The van der Waals surface area contributed by atoms with Crippen molar-refractivity contribution in [2.45, 2.75) is 19.0 Å². The zero-order chi connectivity index (χ0) is 17.4. The van der Waals surface area contributed by atoms with Gasteiger partial charge in [0.2, 0.25) is 5.91 Å². The molecule has 0 saturated carbocycles. The molecule has 10 heteroatoms. The fraction of sp³-hybridized carbons (Fsp3) is 0.538. The minimum absolute atomic E-state index is 0.0234. The summed E-state index contributed by atoms with van der Waals surface area (Å²) in [5, 5.41) is 17.4. The average Bonchev–Trinajstić information content (AvgIpc) is 2.92. The number of nitrogens with one attached hydrogen (secondary N) is 2. The van der Waals surface area contributed by atoms with Crippen LogP contribution in [0.15, 0.2) is 10.6 Å². The van der Waals surface area contributed by atoms with Crippen LogP contribution in [-0.2, 0) is 14.3 Å². The van der Waals surface area contributed by atoms with E-state index in [1.807, 2.05) is 0 Å². The van der Waals surface area contributed by atoms with Gasteiger partial charge in [-0.05, 0) is 13.2 Å². The molecule has 0 bridgehead atoms. The number of carboxylic acid groups (broad SMARTS) is 1. The Bertz CT molecular complexity index is 562. The molecule has 0 aliphatic carbocycles. The van der Waals surface area contributed by atoms with Gasteiger partial charge in [0.15, 0.2) is 5.69 Å². The van der Waals surface area contributed by atoms with Crippen molar-refractivity contribution in [3.63, 3.8) is 0 Å². The van der Waals surface area contributed by atoms with Crippen molar-refractivity contribution >= 4 is 29.5 Å². The Morgan fingerprint density at radius 1 is 1.39 bits per heavy atom. The molecule has 23 heavy (non-hydrogen) atoms. The zero-order valence-electron chi connectivity index (χ0n) is 13.0. The van der Waals surface area contributed by atoms with Gasteiger partial charge in [0.1, 0.15) is 17.8 Å². The number of hydrogen-bond acceptors (Lipinski definition) is 7. The number of amides is 2. The van der Waals surface area contributed by atoms with Gasteiger partial charge >= 0.3 is 5.97 Å². The molecule has 3 N–H and O–H groups in total. The summed E-state index contributed by atoms with van der Waals surface area (Å²) in [5.41, 5.74) is 0.0234. The SMILES string of the molecule is COC[C@H](NC(=O)c1cc(C)on1)C(=O)N[C@H](CSC)C(=O)O. The van der Waals surface area contributed by atoms with Crippen molar-refractivity contribution in [2.24, 2.45) is 0 Å². The number of aryl methyl sites for hydroxylation is 1. The van der Waals surface area contributed by atoms with Gasteiger partial charge in [-0.3, -0.25) is 9.59 Å². The van der Waals surface area contributed by atoms with Gasteiger partial charge in [-0.25, -0.2) is 4.79 Å². The lowest BCUT2D eigenvalue weighted by molar-refractivity contribution is -0.141. The summed E-state index contributed by atoms with van der Waals surface area (Å²) in [5.74, 6) is -1.76. The number of nitrogens with zero attached hydrogens (tertiary/aromatic N) is 1. The summed E-state index contributed by atoms with van der Waals surface area (Å²) in [4.78, 5) is 35.3. The van der Waals surface area contributed by atoms with E-state index < -0.39 is 29.9 Å². The van der Waals surface area contributed by atoms with Crippen LogP contribution >= 0.6 is 11.8 Å². The van der Waals surface area contributed by atoms with E-state index in [4.69, 9.17) is 14.4 Å². The fourth-order valence-electron chi connectivity index (χ4n) is 1.67. The van der Waals surface area contributed by atoms with Gasteiger partial charge in [0, 0.05) is 18.9 Å². The Balaban J connectivity index is 2.74.